The van der Waals surface area contributed by atoms with Gasteiger partial charge in [0.15, 0.2) is 0 Å². The highest BCUT2D eigenvalue weighted by Crippen LogP contribution is 2.23. The summed E-state index contributed by atoms with van der Waals surface area (Å²) in [6.07, 6.45) is 11.7. The minimum Gasteiger partial charge on any atom is -0.338 e. The third kappa shape index (κ3) is 8.12. The summed E-state index contributed by atoms with van der Waals surface area (Å²) in [6.45, 7) is 14.8. The second-order valence-corrected chi connectivity index (χ2v) is 8.30. The Hall–Kier alpha value is -1.12. The SMILES string of the molecule is CCCCCC(C)N(CCC(C)(C)C)c1nccc(CCCC)n1. The lowest BCUT2D eigenvalue weighted by atomic mass is 9.92. The number of nitrogens with zero attached hydrogens (tertiary/aromatic N) is 3. The van der Waals surface area contributed by atoms with Gasteiger partial charge < -0.3 is 4.90 Å². The largest absolute Gasteiger partial charge is 0.338 e. The Morgan fingerprint density at radius 1 is 1.08 bits per heavy atom. The molecule has 138 valence electrons. The van der Waals surface area contributed by atoms with E-state index >= 15 is 0 Å². The van der Waals surface area contributed by atoms with Crippen molar-refractivity contribution in [2.75, 3.05) is 11.4 Å². The second-order valence-electron chi connectivity index (χ2n) is 8.30. The van der Waals surface area contributed by atoms with Crippen LogP contribution in [-0.2, 0) is 6.42 Å². The van der Waals surface area contributed by atoms with Crippen LogP contribution in [0.1, 0.15) is 92.2 Å². The molecule has 1 aromatic heterocycles. The van der Waals surface area contributed by atoms with Crippen LogP contribution in [0.4, 0.5) is 5.95 Å². The molecular weight excluding hydrogens is 294 g/mol. The molecule has 0 aliphatic carbocycles. The van der Waals surface area contributed by atoms with Gasteiger partial charge in [0.2, 0.25) is 5.95 Å². The van der Waals surface area contributed by atoms with E-state index in [-0.39, 0.29) is 0 Å². The van der Waals surface area contributed by atoms with Crippen molar-refractivity contribution in [1.29, 1.82) is 0 Å². The predicted octanol–water partition coefficient (Wildman–Crippen LogP) is 6.03. The van der Waals surface area contributed by atoms with Crippen LogP contribution in [0.2, 0.25) is 0 Å². The lowest BCUT2D eigenvalue weighted by Crippen LogP contribution is -2.37. The first-order chi connectivity index (χ1) is 11.4. The van der Waals surface area contributed by atoms with Gasteiger partial charge in [-0.3, -0.25) is 0 Å². The van der Waals surface area contributed by atoms with E-state index < -0.39 is 0 Å². The van der Waals surface area contributed by atoms with Gasteiger partial charge in [-0.25, -0.2) is 9.97 Å². The molecule has 0 spiro atoms. The molecule has 0 fully saturated rings. The Balaban J connectivity index is 2.85. The molecule has 1 unspecified atom stereocenters. The number of rotatable bonds is 11. The third-order valence-electron chi connectivity index (χ3n) is 4.60. The standard InChI is InChI=1S/C21H39N3/c1-7-9-11-12-18(3)24(17-15-21(4,5)6)20-22-16-14-19(23-20)13-10-8-2/h14,16,18H,7-13,15,17H2,1-6H3. The predicted molar refractivity (Wildman–Crippen MR) is 106 cm³/mol. The van der Waals surface area contributed by atoms with Crippen molar-refractivity contribution < 1.29 is 0 Å². The molecule has 0 bridgehead atoms. The van der Waals surface area contributed by atoms with Crippen molar-refractivity contribution in [3.8, 4) is 0 Å². The molecular formula is C21H39N3. The van der Waals surface area contributed by atoms with Gasteiger partial charge in [0.05, 0.1) is 0 Å². The summed E-state index contributed by atoms with van der Waals surface area (Å²) in [5.74, 6) is 0.928. The number of aromatic nitrogens is 2. The molecule has 3 nitrogen and oxygen atoms in total. The van der Waals surface area contributed by atoms with Gasteiger partial charge in [0, 0.05) is 24.5 Å². The summed E-state index contributed by atoms with van der Waals surface area (Å²) in [6, 6.07) is 2.57. The zero-order valence-electron chi connectivity index (χ0n) is 16.9. The van der Waals surface area contributed by atoms with Gasteiger partial charge in [-0.15, -0.1) is 0 Å². The highest BCUT2D eigenvalue weighted by atomic mass is 15.3. The fourth-order valence-electron chi connectivity index (χ4n) is 2.84. The van der Waals surface area contributed by atoms with Crippen molar-refractivity contribution in [3.63, 3.8) is 0 Å². The zero-order valence-corrected chi connectivity index (χ0v) is 16.9. The number of anilines is 1. The smallest absolute Gasteiger partial charge is 0.225 e. The number of aryl methyl sites for hydroxylation is 1. The van der Waals surface area contributed by atoms with Crippen LogP contribution in [0.3, 0.4) is 0 Å². The monoisotopic (exact) mass is 333 g/mol. The Bertz CT molecular complexity index is 451. The first-order valence-corrected chi connectivity index (χ1v) is 9.96. The first kappa shape index (κ1) is 20.9. The fourth-order valence-corrected chi connectivity index (χ4v) is 2.84. The van der Waals surface area contributed by atoms with E-state index in [0.29, 0.717) is 11.5 Å². The lowest BCUT2D eigenvalue weighted by molar-refractivity contribution is 0.368. The molecule has 0 aromatic carbocycles. The molecule has 0 radical (unpaired) electrons. The number of unbranched alkanes of at least 4 members (excludes halogenated alkanes) is 3. The van der Waals surface area contributed by atoms with Crippen LogP contribution in [0, 0.1) is 5.41 Å². The molecule has 0 N–H and O–H groups in total. The van der Waals surface area contributed by atoms with Gasteiger partial charge in [0.1, 0.15) is 0 Å². The molecule has 1 heterocycles. The van der Waals surface area contributed by atoms with E-state index in [9.17, 15) is 0 Å². The van der Waals surface area contributed by atoms with Crippen LogP contribution in [0.15, 0.2) is 12.3 Å². The third-order valence-corrected chi connectivity index (χ3v) is 4.60. The van der Waals surface area contributed by atoms with Gasteiger partial charge in [0.25, 0.3) is 0 Å². The maximum Gasteiger partial charge on any atom is 0.225 e. The highest BCUT2D eigenvalue weighted by molar-refractivity contribution is 5.32. The Labute approximate surface area is 150 Å². The number of hydrogen-bond acceptors (Lipinski definition) is 3. The summed E-state index contributed by atoms with van der Waals surface area (Å²) in [7, 11) is 0. The van der Waals surface area contributed by atoms with Crippen LogP contribution < -0.4 is 4.90 Å². The summed E-state index contributed by atoms with van der Waals surface area (Å²) in [4.78, 5) is 11.9. The molecule has 3 heteroatoms. The summed E-state index contributed by atoms with van der Waals surface area (Å²) in [5, 5.41) is 0. The Morgan fingerprint density at radius 3 is 2.42 bits per heavy atom. The molecule has 24 heavy (non-hydrogen) atoms. The van der Waals surface area contributed by atoms with Crippen molar-refractivity contribution in [1.82, 2.24) is 9.97 Å². The fraction of sp³-hybridized carbons (Fsp3) is 0.810. The van der Waals surface area contributed by atoms with E-state index in [2.05, 4.69) is 57.5 Å². The summed E-state index contributed by atoms with van der Waals surface area (Å²) >= 11 is 0. The average Bonchev–Trinajstić information content (AvgIpc) is 2.52. The van der Waals surface area contributed by atoms with Gasteiger partial charge in [-0.05, 0) is 44.1 Å². The van der Waals surface area contributed by atoms with Gasteiger partial charge >= 0.3 is 0 Å². The molecule has 1 rings (SSSR count). The van der Waals surface area contributed by atoms with E-state index in [4.69, 9.17) is 4.98 Å². The van der Waals surface area contributed by atoms with Gasteiger partial charge in [-0.2, -0.15) is 0 Å². The number of hydrogen-bond donors (Lipinski definition) is 0. The molecule has 0 aliphatic heterocycles. The quantitative estimate of drug-likeness (QED) is 0.463. The zero-order chi connectivity index (χ0) is 18.0. The Morgan fingerprint density at radius 2 is 1.79 bits per heavy atom. The molecule has 1 atom stereocenters. The normalized spacial score (nSPS) is 13.1. The van der Waals surface area contributed by atoms with E-state index in [1.807, 2.05) is 6.20 Å². The molecule has 1 aromatic rings. The van der Waals surface area contributed by atoms with Crippen LogP contribution in [0.25, 0.3) is 0 Å². The van der Waals surface area contributed by atoms with E-state index in [1.54, 1.807) is 0 Å². The summed E-state index contributed by atoms with van der Waals surface area (Å²) < 4.78 is 0. The van der Waals surface area contributed by atoms with Crippen LogP contribution in [-0.4, -0.2) is 22.6 Å². The van der Waals surface area contributed by atoms with Crippen molar-refractivity contribution >= 4 is 5.95 Å². The highest BCUT2D eigenvalue weighted by Gasteiger charge is 2.20. The molecule has 0 aliphatic rings. The minimum atomic E-state index is 0.335. The van der Waals surface area contributed by atoms with Crippen LogP contribution in [0.5, 0.6) is 0 Å². The van der Waals surface area contributed by atoms with E-state index in [1.165, 1.54) is 44.2 Å². The van der Waals surface area contributed by atoms with E-state index in [0.717, 1.165) is 25.3 Å². The van der Waals surface area contributed by atoms with Crippen LogP contribution >= 0.6 is 0 Å². The average molecular weight is 334 g/mol. The van der Waals surface area contributed by atoms with Gasteiger partial charge in [-0.1, -0.05) is 60.3 Å². The lowest BCUT2D eigenvalue weighted by Gasteiger charge is -2.32. The molecule has 0 amide bonds. The Kier molecular flexibility index (Phi) is 9.31. The van der Waals surface area contributed by atoms with Crippen molar-refractivity contribution in [2.45, 2.75) is 99.0 Å². The molecule has 0 saturated heterocycles. The maximum atomic E-state index is 4.88. The summed E-state index contributed by atoms with van der Waals surface area (Å²) in [5.41, 5.74) is 1.52. The minimum absolute atomic E-state index is 0.335. The van der Waals surface area contributed by atoms with Crippen molar-refractivity contribution in [3.05, 3.63) is 18.0 Å². The first-order valence-electron chi connectivity index (χ1n) is 9.96. The second kappa shape index (κ2) is 10.7. The molecule has 0 saturated carbocycles. The maximum absolute atomic E-state index is 4.88. The van der Waals surface area contributed by atoms with Crippen molar-refractivity contribution in [2.24, 2.45) is 5.41 Å². The topological polar surface area (TPSA) is 29.0 Å².